The number of carbonyl (C=O) groups is 2. The standard InChI is InChI=1S/C20H18BrFN2O2S/c21-15-7-5-14(6-8-15)20-10-9-18(25)24(20)17(12-27-20)19(26)23-11-13-3-1-2-4-16(13)22/h1-8,17H,9-12H2,(H,23,26)/t17-,20-/m0/s1. The molecule has 0 spiro atoms. The van der Waals surface area contributed by atoms with E-state index in [-0.39, 0.29) is 24.2 Å². The molecule has 2 aliphatic heterocycles. The number of carbonyl (C=O) groups excluding carboxylic acids is 2. The molecule has 2 aromatic carbocycles. The summed E-state index contributed by atoms with van der Waals surface area (Å²) in [7, 11) is 0. The van der Waals surface area contributed by atoms with Gasteiger partial charge in [-0.1, -0.05) is 46.3 Å². The van der Waals surface area contributed by atoms with Crippen LogP contribution in [0.3, 0.4) is 0 Å². The number of amides is 2. The summed E-state index contributed by atoms with van der Waals surface area (Å²) in [4.78, 5) is 26.7. The van der Waals surface area contributed by atoms with Gasteiger partial charge in [-0.2, -0.15) is 0 Å². The lowest BCUT2D eigenvalue weighted by Gasteiger charge is -2.34. The van der Waals surface area contributed by atoms with E-state index in [1.165, 1.54) is 6.07 Å². The molecule has 2 aliphatic rings. The van der Waals surface area contributed by atoms with Gasteiger partial charge < -0.3 is 10.2 Å². The molecule has 2 saturated heterocycles. The molecule has 0 aliphatic carbocycles. The third kappa shape index (κ3) is 3.27. The lowest BCUT2D eigenvalue weighted by Crippen LogP contribution is -2.49. The van der Waals surface area contributed by atoms with Crippen molar-refractivity contribution in [2.45, 2.75) is 30.3 Å². The van der Waals surface area contributed by atoms with E-state index >= 15 is 0 Å². The zero-order chi connectivity index (χ0) is 19.0. The molecular weight excluding hydrogens is 431 g/mol. The van der Waals surface area contributed by atoms with Crippen molar-refractivity contribution in [3.8, 4) is 0 Å². The molecule has 27 heavy (non-hydrogen) atoms. The highest BCUT2D eigenvalue weighted by Crippen LogP contribution is 2.54. The summed E-state index contributed by atoms with van der Waals surface area (Å²) in [5.74, 6) is -0.0562. The van der Waals surface area contributed by atoms with Crippen molar-refractivity contribution in [3.63, 3.8) is 0 Å². The molecule has 2 heterocycles. The summed E-state index contributed by atoms with van der Waals surface area (Å²) < 4.78 is 14.8. The smallest absolute Gasteiger partial charge is 0.244 e. The highest BCUT2D eigenvalue weighted by Gasteiger charge is 2.56. The lowest BCUT2D eigenvalue weighted by molar-refractivity contribution is -0.138. The Labute approximate surface area is 169 Å². The summed E-state index contributed by atoms with van der Waals surface area (Å²) >= 11 is 5.08. The molecule has 0 radical (unpaired) electrons. The van der Waals surface area contributed by atoms with E-state index in [0.29, 0.717) is 24.2 Å². The predicted molar refractivity (Wildman–Crippen MR) is 106 cm³/mol. The van der Waals surface area contributed by atoms with Gasteiger partial charge in [-0.25, -0.2) is 4.39 Å². The molecule has 7 heteroatoms. The van der Waals surface area contributed by atoms with Crippen LogP contribution in [0.1, 0.15) is 24.0 Å². The van der Waals surface area contributed by atoms with Gasteiger partial charge in [0.15, 0.2) is 0 Å². The fourth-order valence-corrected chi connectivity index (χ4v) is 5.70. The van der Waals surface area contributed by atoms with Crippen LogP contribution in [0.2, 0.25) is 0 Å². The maximum Gasteiger partial charge on any atom is 0.244 e. The molecule has 2 fully saturated rings. The molecule has 4 nitrogen and oxygen atoms in total. The van der Waals surface area contributed by atoms with Crippen molar-refractivity contribution >= 4 is 39.5 Å². The summed E-state index contributed by atoms with van der Waals surface area (Å²) in [6.45, 7) is 0.111. The van der Waals surface area contributed by atoms with Crippen LogP contribution in [0.25, 0.3) is 0 Å². The Bertz CT molecular complexity index is 892. The summed E-state index contributed by atoms with van der Waals surface area (Å²) in [6, 6.07) is 13.7. The zero-order valence-electron chi connectivity index (χ0n) is 14.5. The SMILES string of the molecule is O=C(NCc1ccccc1F)[C@@H]1CS[C@]2(c3ccc(Br)cc3)CCC(=O)N12. The van der Waals surface area contributed by atoms with E-state index in [0.717, 1.165) is 10.0 Å². The first kappa shape index (κ1) is 18.5. The van der Waals surface area contributed by atoms with Crippen LogP contribution in [-0.2, 0) is 21.0 Å². The van der Waals surface area contributed by atoms with Gasteiger partial charge in [-0.15, -0.1) is 11.8 Å². The van der Waals surface area contributed by atoms with E-state index < -0.39 is 10.9 Å². The monoisotopic (exact) mass is 448 g/mol. The number of halogens is 2. The maximum absolute atomic E-state index is 13.8. The topological polar surface area (TPSA) is 49.4 Å². The molecule has 4 rings (SSSR count). The number of rotatable bonds is 4. The Morgan fingerprint density at radius 1 is 1.26 bits per heavy atom. The molecular formula is C20H18BrFN2O2S. The first-order chi connectivity index (χ1) is 13.0. The number of hydrogen-bond donors (Lipinski definition) is 1. The second-order valence-corrected chi connectivity index (χ2v) is 8.90. The van der Waals surface area contributed by atoms with Crippen LogP contribution < -0.4 is 5.32 Å². The van der Waals surface area contributed by atoms with Crippen LogP contribution in [-0.4, -0.2) is 28.5 Å². The van der Waals surface area contributed by atoms with Crippen molar-refractivity contribution in [2.75, 3.05) is 5.75 Å². The second kappa shape index (κ2) is 7.28. The lowest BCUT2D eigenvalue weighted by atomic mass is 10.0. The Kier molecular flexibility index (Phi) is 4.99. The molecule has 1 N–H and O–H groups in total. The average molecular weight is 449 g/mol. The third-order valence-corrected chi connectivity index (χ3v) is 7.26. The minimum atomic E-state index is -0.541. The largest absolute Gasteiger partial charge is 0.350 e. The Morgan fingerprint density at radius 2 is 2.00 bits per heavy atom. The fraction of sp³-hybridized carbons (Fsp3) is 0.300. The highest BCUT2D eigenvalue weighted by atomic mass is 79.9. The number of nitrogens with zero attached hydrogens (tertiary/aromatic N) is 1. The first-order valence-electron chi connectivity index (χ1n) is 8.74. The van der Waals surface area contributed by atoms with Crippen molar-refractivity contribution in [1.29, 1.82) is 0 Å². The molecule has 0 aromatic heterocycles. The van der Waals surface area contributed by atoms with Gasteiger partial charge in [-0.3, -0.25) is 9.59 Å². The van der Waals surface area contributed by atoms with Gasteiger partial charge in [-0.05, 0) is 30.2 Å². The fourth-order valence-electron chi connectivity index (χ4n) is 3.79. The molecule has 2 atom stereocenters. The van der Waals surface area contributed by atoms with Gasteiger partial charge in [0, 0.05) is 28.8 Å². The highest BCUT2D eigenvalue weighted by molar-refractivity contribution is 9.10. The normalized spacial score (nSPS) is 24.1. The van der Waals surface area contributed by atoms with Crippen LogP contribution in [0.5, 0.6) is 0 Å². The van der Waals surface area contributed by atoms with Gasteiger partial charge in [0.1, 0.15) is 16.7 Å². The van der Waals surface area contributed by atoms with Crippen LogP contribution in [0.4, 0.5) is 4.39 Å². The summed E-state index contributed by atoms with van der Waals surface area (Å²) in [6.07, 6.45) is 1.12. The first-order valence-corrected chi connectivity index (χ1v) is 10.5. The van der Waals surface area contributed by atoms with Crippen LogP contribution in [0, 0.1) is 5.82 Å². The van der Waals surface area contributed by atoms with E-state index in [4.69, 9.17) is 0 Å². The Morgan fingerprint density at radius 3 is 2.74 bits per heavy atom. The van der Waals surface area contributed by atoms with Crippen molar-refractivity contribution < 1.29 is 14.0 Å². The molecule has 0 unspecified atom stereocenters. The quantitative estimate of drug-likeness (QED) is 0.773. The molecule has 2 amide bonds. The van der Waals surface area contributed by atoms with Crippen molar-refractivity contribution in [2.24, 2.45) is 0 Å². The van der Waals surface area contributed by atoms with Crippen molar-refractivity contribution in [3.05, 3.63) is 69.9 Å². The zero-order valence-corrected chi connectivity index (χ0v) is 16.9. The minimum Gasteiger partial charge on any atom is -0.350 e. The van der Waals surface area contributed by atoms with E-state index in [9.17, 15) is 14.0 Å². The maximum atomic E-state index is 13.8. The van der Waals surface area contributed by atoms with Gasteiger partial charge in [0.2, 0.25) is 11.8 Å². The Hall–Kier alpha value is -1.86. The van der Waals surface area contributed by atoms with Gasteiger partial charge in [0.05, 0.1) is 0 Å². The predicted octanol–water partition coefficient (Wildman–Crippen LogP) is 3.80. The van der Waals surface area contributed by atoms with E-state index in [1.54, 1.807) is 34.9 Å². The van der Waals surface area contributed by atoms with E-state index in [1.807, 2.05) is 24.3 Å². The average Bonchev–Trinajstić information content (AvgIpc) is 3.21. The second-order valence-electron chi connectivity index (χ2n) is 6.69. The molecule has 0 bridgehead atoms. The van der Waals surface area contributed by atoms with E-state index in [2.05, 4.69) is 21.2 Å². The number of nitrogens with one attached hydrogen (secondary N) is 1. The van der Waals surface area contributed by atoms with Crippen molar-refractivity contribution in [1.82, 2.24) is 10.2 Å². The Balaban J connectivity index is 1.54. The number of hydrogen-bond acceptors (Lipinski definition) is 3. The van der Waals surface area contributed by atoms with Crippen LogP contribution in [0.15, 0.2) is 53.0 Å². The van der Waals surface area contributed by atoms with Gasteiger partial charge in [0.25, 0.3) is 0 Å². The molecule has 0 saturated carbocycles. The third-order valence-electron chi connectivity index (χ3n) is 5.14. The molecule has 140 valence electrons. The minimum absolute atomic E-state index is 0.00559. The molecule has 2 aromatic rings. The summed E-state index contributed by atoms with van der Waals surface area (Å²) in [5.41, 5.74) is 1.47. The van der Waals surface area contributed by atoms with Crippen LogP contribution >= 0.6 is 27.7 Å². The summed E-state index contributed by atoms with van der Waals surface area (Å²) in [5, 5.41) is 2.80. The number of fused-ring (bicyclic) bond motifs is 1. The van der Waals surface area contributed by atoms with Gasteiger partial charge >= 0.3 is 0 Å². The number of benzene rings is 2. The number of thioether (sulfide) groups is 1.